The van der Waals surface area contributed by atoms with Crippen molar-refractivity contribution < 1.29 is 41.9 Å². The third kappa shape index (κ3) is 15.1. The van der Waals surface area contributed by atoms with Crippen LogP contribution in [0.25, 0.3) is 0 Å². The van der Waals surface area contributed by atoms with E-state index in [4.69, 9.17) is 18.5 Å². The van der Waals surface area contributed by atoms with Crippen molar-refractivity contribution in [1.82, 2.24) is 15.3 Å². The van der Waals surface area contributed by atoms with Crippen LogP contribution in [0.5, 0.6) is 5.75 Å². The second-order valence-corrected chi connectivity index (χ2v) is 8.81. The number of rotatable bonds is 16. The summed E-state index contributed by atoms with van der Waals surface area (Å²) in [6, 6.07) is 8.25. The summed E-state index contributed by atoms with van der Waals surface area (Å²) in [5, 5.41) is 4.51. The number of hydrogen-bond donors (Lipinski definition) is 2. The zero-order valence-electron chi connectivity index (χ0n) is 20.6. The largest absolute Gasteiger partial charge is 0.459 e. The summed E-state index contributed by atoms with van der Waals surface area (Å²) in [6.07, 6.45) is 1.53. The molecule has 0 bridgehead atoms. The number of carbonyl (C=O) groups is 3. The number of ether oxygens (including phenoxy) is 2. The number of nitrogens with one attached hydrogen (secondary N) is 2. The normalized spacial score (nSPS) is 13.6. The Morgan fingerprint density at radius 2 is 1.80 bits per heavy atom. The lowest BCUT2D eigenvalue weighted by molar-refractivity contribution is -0.118. The molecule has 2 N–H and O–H groups in total. The van der Waals surface area contributed by atoms with E-state index in [1.54, 1.807) is 37.4 Å². The molecule has 0 fully saturated rings. The molecule has 0 saturated carbocycles. The van der Waals surface area contributed by atoms with Gasteiger partial charge < -0.3 is 29.0 Å². The summed E-state index contributed by atoms with van der Waals surface area (Å²) in [5.41, 5.74) is 0. The minimum Gasteiger partial charge on any atom is -0.413 e. The Kier molecular flexibility index (Phi) is 17.3. The van der Waals surface area contributed by atoms with Crippen molar-refractivity contribution in [2.45, 2.75) is 32.5 Å². The molecule has 0 radical (unpaired) electrons. The number of nitrogens with zero attached hydrogens (tertiary/aromatic N) is 1. The van der Waals surface area contributed by atoms with Gasteiger partial charge in [-0.1, -0.05) is 18.2 Å². The maximum Gasteiger partial charge on any atom is 0.459 e. The summed E-state index contributed by atoms with van der Waals surface area (Å²) >= 11 is 0. The van der Waals surface area contributed by atoms with E-state index in [0.29, 0.717) is 18.8 Å². The second-order valence-electron chi connectivity index (χ2n) is 7.06. The van der Waals surface area contributed by atoms with Crippen LogP contribution < -0.4 is 14.9 Å². The summed E-state index contributed by atoms with van der Waals surface area (Å²) in [4.78, 5) is 33.9. The summed E-state index contributed by atoms with van der Waals surface area (Å²) < 4.78 is 47.2. The van der Waals surface area contributed by atoms with Crippen LogP contribution in [0.2, 0.25) is 0 Å². The van der Waals surface area contributed by atoms with Crippen LogP contribution >= 0.6 is 7.75 Å². The van der Waals surface area contributed by atoms with Gasteiger partial charge in [-0.3, -0.25) is 14.1 Å². The number of likely N-dealkylation sites (N-methyl/N-ethyl adjacent to an activating group) is 1. The zero-order chi connectivity index (χ0) is 26.7. The quantitative estimate of drug-likeness (QED) is 0.192. The number of carbonyl (C=O) groups excluding carboxylic acids is 3. The fraction of sp³-hybridized carbons (Fsp3) is 0.500. The molecule has 1 unspecified atom stereocenters. The molecule has 0 aromatic heterocycles. The van der Waals surface area contributed by atoms with Crippen molar-refractivity contribution in [3.63, 3.8) is 0 Å². The van der Waals surface area contributed by atoms with Gasteiger partial charge in [-0.05, 0) is 32.4 Å². The highest BCUT2D eigenvalue weighted by Gasteiger charge is 2.28. The first-order valence-electron chi connectivity index (χ1n) is 10.7. The molecule has 1 aromatic rings. The van der Waals surface area contributed by atoms with Gasteiger partial charge in [-0.25, -0.2) is 9.65 Å². The number of halogens is 1. The van der Waals surface area contributed by atoms with Gasteiger partial charge in [0.05, 0.1) is 25.4 Å². The highest BCUT2D eigenvalue weighted by atomic mass is 31.2. The van der Waals surface area contributed by atoms with Gasteiger partial charge in [0, 0.05) is 34.0 Å². The highest BCUT2D eigenvalue weighted by molar-refractivity contribution is 7.52. The molecule has 0 heterocycles. The standard InChI is InChI=1S/C18H25FN3O7P.C4H10O/c1-20-18(25)17(19)12-22(14-24)10-8-16(27-2)13-28-30(26,21-9-11-23)29-15-6-4-3-5-7-15;1-4(2)5-3/h3-7,11-12,14,16H,8-10,13H2,1-2H3,(H,20,25)(H,21,26);4H,1-3H3/b17-12+;/t16?,30-;/m0./s1. The Balaban J connectivity index is 0.00000209. The van der Waals surface area contributed by atoms with Crippen molar-refractivity contribution in [3.05, 3.63) is 42.4 Å². The number of benzene rings is 1. The Morgan fingerprint density at radius 3 is 2.29 bits per heavy atom. The number of amides is 2. The lowest BCUT2D eigenvalue weighted by Crippen LogP contribution is -2.28. The molecule has 0 saturated heterocycles. The van der Waals surface area contributed by atoms with Crippen molar-refractivity contribution >= 4 is 26.3 Å². The van der Waals surface area contributed by atoms with E-state index in [1.165, 1.54) is 14.2 Å². The molecular formula is C22H35FN3O8P. The minimum absolute atomic E-state index is 0.00138. The first-order chi connectivity index (χ1) is 16.6. The lowest BCUT2D eigenvalue weighted by Gasteiger charge is -2.23. The van der Waals surface area contributed by atoms with Crippen LogP contribution in [0.4, 0.5) is 4.39 Å². The number of hydrogen-bond acceptors (Lipinski definition) is 8. The Bertz CT molecular complexity index is 826. The Hall–Kier alpha value is -2.63. The van der Waals surface area contributed by atoms with Crippen LogP contribution in [0, 0.1) is 0 Å². The molecule has 35 heavy (non-hydrogen) atoms. The van der Waals surface area contributed by atoms with Crippen LogP contribution in [0.1, 0.15) is 20.3 Å². The molecule has 198 valence electrons. The molecule has 0 spiro atoms. The Labute approximate surface area is 205 Å². The van der Waals surface area contributed by atoms with Gasteiger partial charge in [0.2, 0.25) is 12.2 Å². The molecule has 0 aliphatic heterocycles. The van der Waals surface area contributed by atoms with Gasteiger partial charge in [-0.2, -0.15) is 4.39 Å². The average Bonchev–Trinajstić information content (AvgIpc) is 2.87. The predicted octanol–water partition coefficient (Wildman–Crippen LogP) is 2.44. The molecule has 2 amide bonds. The fourth-order valence-corrected chi connectivity index (χ4v) is 3.36. The molecule has 1 aromatic carbocycles. The maximum absolute atomic E-state index is 13.6. The first-order valence-corrected chi connectivity index (χ1v) is 12.2. The monoisotopic (exact) mass is 519 g/mol. The van der Waals surface area contributed by atoms with E-state index < -0.39 is 25.6 Å². The number of para-hydroxylation sites is 1. The predicted molar refractivity (Wildman–Crippen MR) is 128 cm³/mol. The van der Waals surface area contributed by atoms with Crippen molar-refractivity contribution in [1.29, 1.82) is 0 Å². The average molecular weight is 520 g/mol. The molecule has 1 rings (SSSR count). The SMILES string of the molecule is CNC(=O)/C(F)=C\N(C=O)CCC(CO[P@@](=O)(NCC=O)Oc1ccccc1)OC.COC(C)C. The van der Waals surface area contributed by atoms with Crippen molar-refractivity contribution in [3.8, 4) is 5.75 Å². The van der Waals surface area contributed by atoms with Crippen LogP contribution in [-0.4, -0.2) is 76.7 Å². The van der Waals surface area contributed by atoms with E-state index >= 15 is 0 Å². The summed E-state index contributed by atoms with van der Waals surface area (Å²) in [6.45, 7) is 3.53. The molecule has 2 atom stereocenters. The summed E-state index contributed by atoms with van der Waals surface area (Å²) in [5.74, 6) is -1.82. The highest BCUT2D eigenvalue weighted by Crippen LogP contribution is 2.44. The lowest BCUT2D eigenvalue weighted by atomic mass is 10.2. The van der Waals surface area contributed by atoms with Crippen molar-refractivity contribution in [2.75, 3.05) is 41.0 Å². The first kappa shape index (κ1) is 32.4. The van der Waals surface area contributed by atoms with E-state index in [0.717, 1.165) is 11.1 Å². The van der Waals surface area contributed by atoms with Gasteiger partial charge in [0.25, 0.3) is 5.91 Å². The van der Waals surface area contributed by atoms with Gasteiger partial charge in [-0.15, -0.1) is 0 Å². The van der Waals surface area contributed by atoms with Crippen LogP contribution in [0.3, 0.4) is 0 Å². The third-order valence-electron chi connectivity index (χ3n) is 4.14. The van der Waals surface area contributed by atoms with E-state index in [-0.39, 0.29) is 31.9 Å². The van der Waals surface area contributed by atoms with E-state index in [9.17, 15) is 23.3 Å². The number of methoxy groups -OCH3 is 2. The second kappa shape index (κ2) is 18.7. The van der Waals surface area contributed by atoms with Crippen LogP contribution in [0.15, 0.2) is 42.4 Å². The molecule has 11 nitrogen and oxygen atoms in total. The zero-order valence-corrected chi connectivity index (χ0v) is 21.5. The molecule has 0 aliphatic carbocycles. The van der Waals surface area contributed by atoms with Crippen LogP contribution in [-0.2, 0) is 32.9 Å². The molecule has 0 aliphatic rings. The van der Waals surface area contributed by atoms with Gasteiger partial charge in [0.15, 0.2) is 0 Å². The number of aldehydes is 1. The third-order valence-corrected chi connectivity index (χ3v) is 5.65. The van der Waals surface area contributed by atoms with Gasteiger partial charge in [0.1, 0.15) is 12.0 Å². The van der Waals surface area contributed by atoms with E-state index in [1.807, 2.05) is 13.8 Å². The van der Waals surface area contributed by atoms with Crippen molar-refractivity contribution in [2.24, 2.45) is 0 Å². The van der Waals surface area contributed by atoms with Gasteiger partial charge >= 0.3 is 7.75 Å². The topological polar surface area (TPSA) is 132 Å². The Morgan fingerprint density at radius 1 is 1.17 bits per heavy atom. The minimum atomic E-state index is -3.89. The smallest absolute Gasteiger partial charge is 0.413 e. The molecule has 13 heteroatoms. The molecular weight excluding hydrogens is 484 g/mol. The maximum atomic E-state index is 13.6. The summed E-state index contributed by atoms with van der Waals surface area (Å²) in [7, 11) is 0.446. The fourth-order valence-electron chi connectivity index (χ4n) is 2.09. The van der Waals surface area contributed by atoms with E-state index in [2.05, 4.69) is 10.4 Å².